The van der Waals surface area contributed by atoms with E-state index in [1.165, 1.54) is 0 Å². The van der Waals surface area contributed by atoms with Gasteiger partial charge in [-0.15, -0.1) is 0 Å². The monoisotopic (exact) mass is 355 g/mol. The molecule has 0 spiro atoms. The van der Waals surface area contributed by atoms with Gasteiger partial charge in [-0.05, 0) is 26.0 Å². The number of rotatable bonds is 5. The number of carbonyl (C=O) groups is 1. The van der Waals surface area contributed by atoms with Crippen LogP contribution in [0.15, 0.2) is 39.6 Å². The highest BCUT2D eigenvalue weighted by atomic mass is 16.5. The number of fused-ring (bicyclic) bond motifs is 1. The van der Waals surface area contributed by atoms with Crippen LogP contribution in [0.3, 0.4) is 0 Å². The first kappa shape index (κ1) is 16.6. The number of nitrogens with zero attached hydrogens (tertiary/aromatic N) is 4. The lowest BCUT2D eigenvalue weighted by atomic mass is 10.2. The Balaban J connectivity index is 1.44. The molecule has 0 aromatic carbocycles. The molecule has 0 bridgehead atoms. The summed E-state index contributed by atoms with van der Waals surface area (Å²) in [6, 6.07) is 5.65. The fraction of sp³-hybridized carbons (Fsp3) is 0.389. The van der Waals surface area contributed by atoms with Gasteiger partial charge in [-0.1, -0.05) is 5.16 Å². The van der Waals surface area contributed by atoms with E-state index >= 15 is 0 Å². The lowest BCUT2D eigenvalue weighted by Crippen LogP contribution is -2.36. The van der Waals surface area contributed by atoms with Crippen molar-refractivity contribution >= 4 is 5.91 Å². The van der Waals surface area contributed by atoms with Crippen molar-refractivity contribution in [3.63, 3.8) is 0 Å². The van der Waals surface area contributed by atoms with Gasteiger partial charge in [0.05, 0.1) is 24.5 Å². The maximum atomic E-state index is 12.4. The second-order valence-corrected chi connectivity index (χ2v) is 6.52. The van der Waals surface area contributed by atoms with Gasteiger partial charge in [0, 0.05) is 31.9 Å². The molecule has 1 N–H and O–H groups in total. The summed E-state index contributed by atoms with van der Waals surface area (Å²) in [6.45, 7) is 6.68. The van der Waals surface area contributed by atoms with E-state index in [0.717, 1.165) is 30.4 Å². The van der Waals surface area contributed by atoms with Crippen LogP contribution < -0.4 is 5.32 Å². The van der Waals surface area contributed by atoms with Crippen molar-refractivity contribution in [2.75, 3.05) is 6.54 Å². The van der Waals surface area contributed by atoms with Crippen molar-refractivity contribution in [2.24, 2.45) is 0 Å². The third kappa shape index (κ3) is 3.28. The van der Waals surface area contributed by atoms with Crippen LogP contribution in [-0.4, -0.2) is 32.1 Å². The predicted octanol–water partition coefficient (Wildman–Crippen LogP) is 2.28. The van der Waals surface area contributed by atoms with Crippen molar-refractivity contribution in [1.82, 2.24) is 24.9 Å². The molecule has 0 radical (unpaired) electrons. The molecular weight excluding hydrogens is 334 g/mol. The lowest BCUT2D eigenvalue weighted by Gasteiger charge is -2.32. The number of hydrogen-bond donors (Lipinski definition) is 1. The minimum absolute atomic E-state index is 0.0902. The Morgan fingerprint density at radius 1 is 1.42 bits per heavy atom. The molecule has 4 heterocycles. The number of furan rings is 1. The molecule has 3 aromatic rings. The van der Waals surface area contributed by atoms with E-state index < -0.39 is 0 Å². The summed E-state index contributed by atoms with van der Waals surface area (Å²) < 4.78 is 12.4. The quantitative estimate of drug-likeness (QED) is 0.755. The summed E-state index contributed by atoms with van der Waals surface area (Å²) in [5.41, 5.74) is 1.34. The Morgan fingerprint density at radius 3 is 3.04 bits per heavy atom. The molecule has 0 saturated heterocycles. The van der Waals surface area contributed by atoms with Crippen LogP contribution >= 0.6 is 0 Å². The van der Waals surface area contributed by atoms with Crippen molar-refractivity contribution in [3.8, 4) is 0 Å². The largest absolute Gasteiger partial charge is 0.467 e. The van der Waals surface area contributed by atoms with Crippen LogP contribution in [0.2, 0.25) is 0 Å². The zero-order valence-corrected chi connectivity index (χ0v) is 14.8. The molecule has 26 heavy (non-hydrogen) atoms. The first-order chi connectivity index (χ1) is 12.6. The summed E-state index contributed by atoms with van der Waals surface area (Å²) in [7, 11) is 0. The SMILES string of the molecule is Cc1cc(CN2CCn3cc(C(=O)NCc4ccco4)nc3[C@H]2C)no1. The third-order valence-electron chi connectivity index (χ3n) is 4.63. The maximum Gasteiger partial charge on any atom is 0.271 e. The van der Waals surface area contributed by atoms with Gasteiger partial charge in [0.25, 0.3) is 5.91 Å². The van der Waals surface area contributed by atoms with Gasteiger partial charge in [0.15, 0.2) is 0 Å². The molecule has 1 aliphatic rings. The Bertz CT molecular complexity index is 896. The van der Waals surface area contributed by atoms with Gasteiger partial charge in [-0.2, -0.15) is 0 Å². The van der Waals surface area contributed by atoms with Gasteiger partial charge in [0.2, 0.25) is 0 Å². The van der Waals surface area contributed by atoms with Crippen molar-refractivity contribution in [1.29, 1.82) is 0 Å². The number of aromatic nitrogens is 3. The first-order valence-electron chi connectivity index (χ1n) is 8.64. The maximum absolute atomic E-state index is 12.4. The molecule has 8 nitrogen and oxygen atoms in total. The lowest BCUT2D eigenvalue weighted by molar-refractivity contribution is 0.0943. The molecule has 0 fully saturated rings. The van der Waals surface area contributed by atoms with E-state index in [4.69, 9.17) is 8.94 Å². The summed E-state index contributed by atoms with van der Waals surface area (Å²) >= 11 is 0. The summed E-state index contributed by atoms with van der Waals surface area (Å²) in [4.78, 5) is 19.2. The van der Waals surface area contributed by atoms with Crippen LogP contribution in [0.5, 0.6) is 0 Å². The van der Waals surface area contributed by atoms with E-state index in [-0.39, 0.29) is 11.9 Å². The zero-order valence-electron chi connectivity index (χ0n) is 14.8. The molecule has 1 amide bonds. The summed E-state index contributed by atoms with van der Waals surface area (Å²) in [5, 5.41) is 6.90. The molecular formula is C18H21N5O3. The first-order valence-corrected chi connectivity index (χ1v) is 8.64. The number of imidazole rings is 1. The fourth-order valence-electron chi connectivity index (χ4n) is 3.23. The van der Waals surface area contributed by atoms with E-state index in [1.54, 1.807) is 12.3 Å². The highest BCUT2D eigenvalue weighted by Gasteiger charge is 2.28. The van der Waals surface area contributed by atoms with E-state index in [1.807, 2.05) is 25.3 Å². The standard InChI is InChI=1S/C18H21N5O3/c1-12-8-14(21-26-12)10-22-5-6-23-11-16(20-17(23)13(22)2)18(24)19-9-15-4-3-7-25-15/h3-4,7-8,11,13H,5-6,9-10H2,1-2H3,(H,19,24)/t13-/m1/s1. The van der Waals surface area contributed by atoms with Crippen LogP contribution in [-0.2, 0) is 19.6 Å². The average Bonchev–Trinajstić information content (AvgIpc) is 3.36. The van der Waals surface area contributed by atoms with Crippen molar-refractivity contribution in [3.05, 3.63) is 59.4 Å². The number of hydrogen-bond acceptors (Lipinski definition) is 6. The van der Waals surface area contributed by atoms with Crippen molar-refractivity contribution in [2.45, 2.75) is 39.5 Å². The number of nitrogens with one attached hydrogen (secondary N) is 1. The second-order valence-electron chi connectivity index (χ2n) is 6.52. The molecule has 8 heteroatoms. The number of aryl methyl sites for hydroxylation is 1. The third-order valence-corrected chi connectivity index (χ3v) is 4.63. The Morgan fingerprint density at radius 2 is 2.31 bits per heavy atom. The van der Waals surface area contributed by atoms with E-state index in [2.05, 4.69) is 31.8 Å². The predicted molar refractivity (Wildman–Crippen MR) is 92.2 cm³/mol. The highest BCUT2D eigenvalue weighted by molar-refractivity contribution is 5.92. The van der Waals surface area contributed by atoms with E-state index in [9.17, 15) is 4.79 Å². The van der Waals surface area contributed by atoms with E-state index in [0.29, 0.717) is 24.5 Å². The molecule has 4 rings (SSSR count). The number of amides is 1. The number of carbonyl (C=O) groups excluding carboxylic acids is 1. The van der Waals surface area contributed by atoms with Gasteiger partial charge >= 0.3 is 0 Å². The van der Waals surface area contributed by atoms with Crippen LogP contribution in [0, 0.1) is 6.92 Å². The molecule has 0 unspecified atom stereocenters. The minimum Gasteiger partial charge on any atom is -0.467 e. The highest BCUT2D eigenvalue weighted by Crippen LogP contribution is 2.26. The van der Waals surface area contributed by atoms with Gasteiger partial charge in [-0.25, -0.2) is 4.98 Å². The minimum atomic E-state index is -0.200. The normalized spacial score (nSPS) is 17.2. The Kier molecular flexibility index (Phi) is 4.34. The summed E-state index contributed by atoms with van der Waals surface area (Å²) in [6.07, 6.45) is 3.41. The van der Waals surface area contributed by atoms with Gasteiger partial charge in [0.1, 0.15) is 23.0 Å². The molecule has 3 aromatic heterocycles. The molecule has 136 valence electrons. The van der Waals surface area contributed by atoms with Crippen molar-refractivity contribution < 1.29 is 13.7 Å². The van der Waals surface area contributed by atoms with Crippen LogP contribution in [0.4, 0.5) is 0 Å². The molecule has 1 atom stereocenters. The molecule has 0 saturated carbocycles. The Labute approximate surface area is 150 Å². The van der Waals surface area contributed by atoms with Gasteiger partial charge < -0.3 is 18.8 Å². The average molecular weight is 355 g/mol. The molecule has 1 aliphatic heterocycles. The summed E-state index contributed by atoms with van der Waals surface area (Å²) in [5.74, 6) is 2.21. The molecule has 0 aliphatic carbocycles. The van der Waals surface area contributed by atoms with Crippen LogP contribution in [0.1, 0.15) is 46.5 Å². The van der Waals surface area contributed by atoms with Crippen LogP contribution in [0.25, 0.3) is 0 Å². The smallest absolute Gasteiger partial charge is 0.271 e. The Hall–Kier alpha value is -2.87. The topological polar surface area (TPSA) is 89.3 Å². The zero-order chi connectivity index (χ0) is 18.1. The fourth-order valence-corrected chi connectivity index (χ4v) is 3.23. The second kappa shape index (κ2) is 6.80. The van der Waals surface area contributed by atoms with Gasteiger partial charge in [-0.3, -0.25) is 9.69 Å².